The average molecular weight is 397 g/mol. The van der Waals surface area contributed by atoms with Crippen LogP contribution in [0.4, 0.5) is 0 Å². The Labute approximate surface area is 173 Å². The van der Waals surface area contributed by atoms with Crippen LogP contribution in [0.15, 0.2) is 91.3 Å². The Morgan fingerprint density at radius 3 is 2.53 bits per heavy atom. The molecule has 0 spiro atoms. The number of aliphatic carboxylic acids is 1. The van der Waals surface area contributed by atoms with E-state index in [1.165, 1.54) is 0 Å². The Hall–Kier alpha value is -4.06. The SMILES string of the molecule is O=C(NC1C=CC=CC1(C=Cc1ccc2nccnc2c1)C(=O)O)c1ccccc1. The van der Waals surface area contributed by atoms with Crippen LogP contribution in [0.2, 0.25) is 0 Å². The lowest BCUT2D eigenvalue weighted by atomic mass is 9.76. The number of hydrogen-bond acceptors (Lipinski definition) is 4. The number of aromatic nitrogens is 2. The van der Waals surface area contributed by atoms with Gasteiger partial charge in [-0.25, -0.2) is 0 Å². The number of rotatable bonds is 5. The van der Waals surface area contributed by atoms with Gasteiger partial charge in [0.1, 0.15) is 5.41 Å². The molecule has 6 nitrogen and oxygen atoms in total. The van der Waals surface area contributed by atoms with Crippen molar-refractivity contribution in [1.29, 1.82) is 0 Å². The molecule has 2 atom stereocenters. The first-order valence-electron chi connectivity index (χ1n) is 9.44. The molecular formula is C24H19N3O3. The number of nitrogens with zero attached hydrogens (tertiary/aromatic N) is 2. The lowest BCUT2D eigenvalue weighted by Gasteiger charge is -2.32. The van der Waals surface area contributed by atoms with Crippen molar-refractivity contribution in [1.82, 2.24) is 15.3 Å². The summed E-state index contributed by atoms with van der Waals surface area (Å²) in [4.78, 5) is 33.5. The van der Waals surface area contributed by atoms with Gasteiger partial charge >= 0.3 is 5.97 Å². The molecule has 2 N–H and O–H groups in total. The first kappa shape index (κ1) is 19.3. The molecule has 1 amide bonds. The van der Waals surface area contributed by atoms with E-state index >= 15 is 0 Å². The van der Waals surface area contributed by atoms with Gasteiger partial charge in [0.2, 0.25) is 0 Å². The lowest BCUT2D eigenvalue weighted by molar-refractivity contribution is -0.144. The molecule has 6 heteroatoms. The maximum absolute atomic E-state index is 12.6. The number of fused-ring (bicyclic) bond motifs is 1. The topological polar surface area (TPSA) is 92.2 Å². The molecule has 0 radical (unpaired) electrons. The minimum Gasteiger partial charge on any atom is -0.480 e. The van der Waals surface area contributed by atoms with Gasteiger partial charge in [-0.3, -0.25) is 19.6 Å². The van der Waals surface area contributed by atoms with E-state index in [2.05, 4.69) is 15.3 Å². The second kappa shape index (κ2) is 8.13. The normalized spacial score (nSPS) is 20.5. The Kier molecular flexibility index (Phi) is 5.22. The molecule has 0 aliphatic heterocycles. The molecule has 4 rings (SSSR count). The fourth-order valence-electron chi connectivity index (χ4n) is 3.39. The van der Waals surface area contributed by atoms with E-state index in [0.717, 1.165) is 16.6 Å². The Bertz CT molecular complexity index is 1180. The largest absolute Gasteiger partial charge is 0.480 e. The molecule has 2 aromatic carbocycles. The molecule has 1 aliphatic carbocycles. The third kappa shape index (κ3) is 3.75. The van der Waals surface area contributed by atoms with Crippen LogP contribution in [0, 0.1) is 5.41 Å². The van der Waals surface area contributed by atoms with Crippen molar-refractivity contribution in [2.24, 2.45) is 5.41 Å². The Balaban J connectivity index is 1.65. The van der Waals surface area contributed by atoms with Crippen molar-refractivity contribution in [3.05, 3.63) is 102 Å². The molecule has 1 aromatic heterocycles. The molecule has 2 unspecified atom stereocenters. The molecule has 0 saturated carbocycles. The molecular weight excluding hydrogens is 378 g/mol. The van der Waals surface area contributed by atoms with Gasteiger partial charge in [0, 0.05) is 18.0 Å². The van der Waals surface area contributed by atoms with Crippen LogP contribution in [-0.2, 0) is 4.79 Å². The number of allylic oxidation sites excluding steroid dienone is 2. The van der Waals surface area contributed by atoms with E-state index in [4.69, 9.17) is 0 Å². The van der Waals surface area contributed by atoms with Gasteiger partial charge in [-0.1, -0.05) is 60.7 Å². The van der Waals surface area contributed by atoms with Crippen molar-refractivity contribution in [3.63, 3.8) is 0 Å². The molecule has 1 heterocycles. The van der Waals surface area contributed by atoms with Gasteiger partial charge < -0.3 is 10.4 Å². The quantitative estimate of drug-likeness (QED) is 0.686. The fourth-order valence-corrected chi connectivity index (χ4v) is 3.39. The van der Waals surface area contributed by atoms with Crippen molar-refractivity contribution in [2.45, 2.75) is 6.04 Å². The summed E-state index contributed by atoms with van der Waals surface area (Å²) >= 11 is 0. The number of carboxylic acid groups (broad SMARTS) is 1. The summed E-state index contributed by atoms with van der Waals surface area (Å²) in [7, 11) is 0. The zero-order chi connectivity index (χ0) is 21.0. The van der Waals surface area contributed by atoms with Gasteiger partial charge in [0.25, 0.3) is 5.91 Å². The molecule has 0 saturated heterocycles. The summed E-state index contributed by atoms with van der Waals surface area (Å²) in [5.74, 6) is -1.39. The number of amides is 1. The lowest BCUT2D eigenvalue weighted by Crippen LogP contribution is -2.49. The first-order valence-corrected chi connectivity index (χ1v) is 9.44. The van der Waals surface area contributed by atoms with Crippen LogP contribution in [0.3, 0.4) is 0 Å². The van der Waals surface area contributed by atoms with E-state index in [9.17, 15) is 14.7 Å². The average Bonchev–Trinajstić information content (AvgIpc) is 2.79. The van der Waals surface area contributed by atoms with Crippen LogP contribution in [0.5, 0.6) is 0 Å². The minimum absolute atomic E-state index is 0.333. The number of hydrogen-bond donors (Lipinski definition) is 2. The Morgan fingerprint density at radius 2 is 1.77 bits per heavy atom. The van der Waals surface area contributed by atoms with Crippen LogP contribution in [0.25, 0.3) is 17.1 Å². The highest BCUT2D eigenvalue weighted by atomic mass is 16.4. The van der Waals surface area contributed by atoms with Gasteiger partial charge in [-0.05, 0) is 29.8 Å². The highest BCUT2D eigenvalue weighted by Gasteiger charge is 2.42. The third-order valence-corrected chi connectivity index (χ3v) is 5.04. The molecule has 0 bridgehead atoms. The maximum atomic E-state index is 12.6. The second-order valence-corrected chi connectivity index (χ2v) is 6.94. The number of carbonyl (C=O) groups is 2. The van der Waals surface area contributed by atoms with Crippen molar-refractivity contribution in [3.8, 4) is 0 Å². The molecule has 3 aromatic rings. The molecule has 1 aliphatic rings. The van der Waals surface area contributed by atoms with Gasteiger partial charge in [-0.15, -0.1) is 0 Å². The van der Waals surface area contributed by atoms with E-state index in [0.29, 0.717) is 5.56 Å². The maximum Gasteiger partial charge on any atom is 0.319 e. The number of benzene rings is 2. The highest BCUT2D eigenvalue weighted by molar-refractivity contribution is 5.95. The summed E-state index contributed by atoms with van der Waals surface area (Å²) in [6, 6.07) is 13.5. The summed E-state index contributed by atoms with van der Waals surface area (Å²) < 4.78 is 0. The number of nitrogens with one attached hydrogen (secondary N) is 1. The van der Waals surface area contributed by atoms with E-state index in [1.54, 1.807) is 73.1 Å². The molecule has 148 valence electrons. The van der Waals surface area contributed by atoms with Crippen LogP contribution in [0.1, 0.15) is 15.9 Å². The number of carbonyl (C=O) groups excluding carboxylic acids is 1. The second-order valence-electron chi connectivity index (χ2n) is 6.94. The summed E-state index contributed by atoms with van der Waals surface area (Å²) in [5.41, 5.74) is 1.32. The zero-order valence-corrected chi connectivity index (χ0v) is 16.0. The minimum atomic E-state index is -1.42. The van der Waals surface area contributed by atoms with Crippen LogP contribution in [-0.4, -0.2) is 33.0 Å². The van der Waals surface area contributed by atoms with E-state index < -0.39 is 17.4 Å². The van der Waals surface area contributed by atoms with Gasteiger partial charge in [-0.2, -0.15) is 0 Å². The summed E-state index contributed by atoms with van der Waals surface area (Å²) in [5, 5.41) is 12.9. The zero-order valence-electron chi connectivity index (χ0n) is 16.0. The highest BCUT2D eigenvalue weighted by Crippen LogP contribution is 2.32. The standard InChI is InChI=1S/C24H19N3O3/c28-22(18-6-2-1-3-7-18)27-21-8-4-5-12-24(21,23(29)30)13-11-17-9-10-19-20(16-17)26-15-14-25-19/h1-16,21H,(H,27,28)(H,29,30). The number of carboxylic acids is 1. The first-order chi connectivity index (χ1) is 14.6. The monoisotopic (exact) mass is 397 g/mol. The molecule has 0 fully saturated rings. The summed E-state index contributed by atoms with van der Waals surface area (Å²) in [6.45, 7) is 0. The van der Waals surface area contributed by atoms with Gasteiger partial charge in [0.15, 0.2) is 0 Å². The van der Waals surface area contributed by atoms with E-state index in [1.807, 2.05) is 24.3 Å². The predicted molar refractivity (Wildman–Crippen MR) is 115 cm³/mol. The smallest absolute Gasteiger partial charge is 0.319 e. The van der Waals surface area contributed by atoms with Gasteiger partial charge in [0.05, 0.1) is 17.1 Å². The van der Waals surface area contributed by atoms with Crippen molar-refractivity contribution < 1.29 is 14.7 Å². The summed E-state index contributed by atoms with van der Waals surface area (Å²) in [6.07, 6.45) is 13.2. The predicted octanol–water partition coefficient (Wildman–Crippen LogP) is 3.64. The Morgan fingerprint density at radius 1 is 1.00 bits per heavy atom. The van der Waals surface area contributed by atoms with Crippen molar-refractivity contribution in [2.75, 3.05) is 0 Å². The van der Waals surface area contributed by atoms with Crippen LogP contribution < -0.4 is 5.32 Å². The molecule has 30 heavy (non-hydrogen) atoms. The van der Waals surface area contributed by atoms with Crippen LogP contribution >= 0.6 is 0 Å². The fraction of sp³-hybridized carbons (Fsp3) is 0.0833. The van der Waals surface area contributed by atoms with E-state index in [-0.39, 0.29) is 5.91 Å². The third-order valence-electron chi connectivity index (χ3n) is 5.04. The van der Waals surface area contributed by atoms with Crippen molar-refractivity contribution >= 4 is 29.0 Å².